The van der Waals surface area contributed by atoms with Gasteiger partial charge in [0.05, 0.1) is 7.11 Å². The lowest BCUT2D eigenvalue weighted by Gasteiger charge is -2.16. The van der Waals surface area contributed by atoms with E-state index >= 15 is 0 Å². The Kier molecular flexibility index (Phi) is 6.38. The van der Waals surface area contributed by atoms with Gasteiger partial charge in [0, 0.05) is 5.02 Å². The highest BCUT2D eigenvalue weighted by molar-refractivity contribution is 6.30. The average molecular weight is 256 g/mol. The van der Waals surface area contributed by atoms with Crippen LogP contribution in [0.25, 0.3) is 0 Å². The third-order valence-corrected chi connectivity index (χ3v) is 3.14. The van der Waals surface area contributed by atoms with Gasteiger partial charge in [-0.05, 0) is 55.6 Å². The summed E-state index contributed by atoms with van der Waals surface area (Å²) in [5.74, 6) is 1.38. The standard InChI is InChI=1S/C14H22ClNO/c1-4-8-16-9-7-11(2)13-10-12(15)5-6-14(13)17-3/h5-6,10-11,16H,4,7-9H2,1-3H3. The summed E-state index contributed by atoms with van der Waals surface area (Å²) in [5.41, 5.74) is 1.19. The summed E-state index contributed by atoms with van der Waals surface area (Å²) in [5, 5.41) is 4.19. The number of rotatable bonds is 7. The maximum absolute atomic E-state index is 6.03. The highest BCUT2D eigenvalue weighted by atomic mass is 35.5. The van der Waals surface area contributed by atoms with E-state index in [0.717, 1.165) is 30.3 Å². The van der Waals surface area contributed by atoms with Gasteiger partial charge in [0.25, 0.3) is 0 Å². The van der Waals surface area contributed by atoms with Crippen molar-refractivity contribution in [2.45, 2.75) is 32.6 Å². The molecule has 0 aliphatic rings. The van der Waals surface area contributed by atoms with Gasteiger partial charge in [0.15, 0.2) is 0 Å². The van der Waals surface area contributed by atoms with E-state index in [1.54, 1.807) is 7.11 Å². The Bertz CT molecular complexity index is 341. The van der Waals surface area contributed by atoms with Crippen LogP contribution in [0.4, 0.5) is 0 Å². The first kappa shape index (κ1) is 14.3. The summed E-state index contributed by atoms with van der Waals surface area (Å²) < 4.78 is 5.37. The molecule has 0 radical (unpaired) electrons. The molecule has 1 rings (SSSR count). The van der Waals surface area contributed by atoms with Crippen molar-refractivity contribution < 1.29 is 4.74 Å². The molecule has 0 spiro atoms. The number of hydrogen-bond donors (Lipinski definition) is 1. The first-order chi connectivity index (χ1) is 8.19. The number of nitrogens with one attached hydrogen (secondary N) is 1. The molecule has 1 N–H and O–H groups in total. The van der Waals surface area contributed by atoms with Crippen molar-refractivity contribution in [1.82, 2.24) is 5.32 Å². The van der Waals surface area contributed by atoms with E-state index in [4.69, 9.17) is 16.3 Å². The number of benzene rings is 1. The summed E-state index contributed by atoms with van der Waals surface area (Å²) >= 11 is 6.03. The fourth-order valence-corrected chi connectivity index (χ4v) is 2.05. The third-order valence-electron chi connectivity index (χ3n) is 2.90. The lowest BCUT2D eigenvalue weighted by Crippen LogP contribution is -2.17. The van der Waals surface area contributed by atoms with Crippen molar-refractivity contribution in [2.24, 2.45) is 0 Å². The molecule has 0 saturated carbocycles. The van der Waals surface area contributed by atoms with Crippen LogP contribution >= 0.6 is 11.6 Å². The molecule has 1 unspecified atom stereocenters. The molecule has 0 aromatic heterocycles. The fraction of sp³-hybridized carbons (Fsp3) is 0.571. The van der Waals surface area contributed by atoms with Crippen molar-refractivity contribution in [1.29, 1.82) is 0 Å². The van der Waals surface area contributed by atoms with Crippen molar-refractivity contribution in [3.63, 3.8) is 0 Å². The minimum Gasteiger partial charge on any atom is -0.496 e. The molecule has 1 aromatic carbocycles. The van der Waals surface area contributed by atoms with Crippen LogP contribution in [0, 0.1) is 0 Å². The maximum Gasteiger partial charge on any atom is 0.122 e. The Hall–Kier alpha value is -0.730. The average Bonchev–Trinajstić information content (AvgIpc) is 2.34. The monoisotopic (exact) mass is 255 g/mol. The Balaban J connectivity index is 2.60. The predicted octanol–water partition coefficient (Wildman–Crippen LogP) is 3.84. The van der Waals surface area contributed by atoms with Crippen molar-refractivity contribution in [3.8, 4) is 5.75 Å². The van der Waals surface area contributed by atoms with E-state index in [2.05, 4.69) is 19.2 Å². The number of ether oxygens (including phenoxy) is 1. The van der Waals surface area contributed by atoms with Crippen LogP contribution in [-0.2, 0) is 0 Å². The first-order valence-electron chi connectivity index (χ1n) is 6.23. The highest BCUT2D eigenvalue weighted by Gasteiger charge is 2.11. The lowest BCUT2D eigenvalue weighted by atomic mass is 9.97. The SMILES string of the molecule is CCCNCCC(C)c1cc(Cl)ccc1OC. The van der Waals surface area contributed by atoms with Crippen LogP contribution in [0.5, 0.6) is 5.75 Å². The Morgan fingerprint density at radius 3 is 2.76 bits per heavy atom. The highest BCUT2D eigenvalue weighted by Crippen LogP contribution is 2.30. The Labute approximate surface area is 109 Å². The van der Waals surface area contributed by atoms with E-state index in [1.165, 1.54) is 12.0 Å². The largest absolute Gasteiger partial charge is 0.496 e. The van der Waals surface area contributed by atoms with Crippen LogP contribution in [0.2, 0.25) is 5.02 Å². The molecular weight excluding hydrogens is 234 g/mol. The number of hydrogen-bond acceptors (Lipinski definition) is 2. The molecule has 0 saturated heterocycles. The molecule has 96 valence electrons. The van der Waals surface area contributed by atoms with E-state index in [-0.39, 0.29) is 0 Å². The van der Waals surface area contributed by atoms with Crippen molar-refractivity contribution in [2.75, 3.05) is 20.2 Å². The van der Waals surface area contributed by atoms with Crippen LogP contribution in [0.1, 0.15) is 38.2 Å². The summed E-state index contributed by atoms with van der Waals surface area (Å²) in [6, 6.07) is 5.81. The first-order valence-corrected chi connectivity index (χ1v) is 6.61. The van der Waals surface area contributed by atoms with Gasteiger partial charge in [-0.3, -0.25) is 0 Å². The topological polar surface area (TPSA) is 21.3 Å². The van der Waals surface area contributed by atoms with Gasteiger partial charge in [-0.15, -0.1) is 0 Å². The molecule has 0 aliphatic carbocycles. The number of methoxy groups -OCH3 is 1. The minimum absolute atomic E-state index is 0.452. The van der Waals surface area contributed by atoms with E-state index in [0.29, 0.717) is 5.92 Å². The second kappa shape index (κ2) is 7.57. The van der Waals surface area contributed by atoms with E-state index in [9.17, 15) is 0 Å². The minimum atomic E-state index is 0.452. The van der Waals surface area contributed by atoms with Crippen LogP contribution < -0.4 is 10.1 Å². The third kappa shape index (κ3) is 4.57. The molecule has 17 heavy (non-hydrogen) atoms. The van der Waals surface area contributed by atoms with Crippen LogP contribution in [0.3, 0.4) is 0 Å². The summed E-state index contributed by atoms with van der Waals surface area (Å²) in [6.07, 6.45) is 2.27. The predicted molar refractivity (Wildman–Crippen MR) is 74.2 cm³/mol. The quantitative estimate of drug-likeness (QED) is 0.748. The zero-order chi connectivity index (χ0) is 12.7. The maximum atomic E-state index is 6.03. The molecule has 2 nitrogen and oxygen atoms in total. The fourth-order valence-electron chi connectivity index (χ4n) is 1.87. The smallest absolute Gasteiger partial charge is 0.122 e. The van der Waals surface area contributed by atoms with Gasteiger partial charge in [-0.2, -0.15) is 0 Å². The van der Waals surface area contributed by atoms with Gasteiger partial charge in [-0.25, -0.2) is 0 Å². The molecule has 0 aliphatic heterocycles. The van der Waals surface area contributed by atoms with Gasteiger partial charge < -0.3 is 10.1 Å². The number of halogens is 1. The van der Waals surface area contributed by atoms with Crippen molar-refractivity contribution >= 4 is 11.6 Å². The normalized spacial score (nSPS) is 12.5. The molecule has 0 amide bonds. The van der Waals surface area contributed by atoms with Gasteiger partial charge in [-0.1, -0.05) is 25.4 Å². The molecule has 0 fully saturated rings. The van der Waals surface area contributed by atoms with Gasteiger partial charge in [0.1, 0.15) is 5.75 Å². The van der Waals surface area contributed by atoms with Crippen LogP contribution in [0.15, 0.2) is 18.2 Å². The molecule has 3 heteroatoms. The second-order valence-electron chi connectivity index (χ2n) is 4.33. The molecule has 0 bridgehead atoms. The van der Waals surface area contributed by atoms with Gasteiger partial charge in [0.2, 0.25) is 0 Å². The molecule has 0 heterocycles. The van der Waals surface area contributed by atoms with Gasteiger partial charge >= 0.3 is 0 Å². The van der Waals surface area contributed by atoms with Crippen molar-refractivity contribution in [3.05, 3.63) is 28.8 Å². The van der Waals surface area contributed by atoms with Crippen LogP contribution in [-0.4, -0.2) is 20.2 Å². The summed E-state index contributed by atoms with van der Waals surface area (Å²) in [7, 11) is 1.70. The Morgan fingerprint density at radius 1 is 1.35 bits per heavy atom. The second-order valence-corrected chi connectivity index (χ2v) is 4.76. The lowest BCUT2D eigenvalue weighted by molar-refractivity contribution is 0.405. The zero-order valence-corrected chi connectivity index (χ0v) is 11.7. The molecular formula is C14H22ClNO. The van der Waals surface area contributed by atoms with E-state index in [1.807, 2.05) is 18.2 Å². The summed E-state index contributed by atoms with van der Waals surface area (Å²) in [6.45, 7) is 6.50. The van der Waals surface area contributed by atoms with E-state index < -0.39 is 0 Å². The Morgan fingerprint density at radius 2 is 2.12 bits per heavy atom. The summed E-state index contributed by atoms with van der Waals surface area (Å²) in [4.78, 5) is 0. The zero-order valence-electron chi connectivity index (χ0n) is 10.9. The molecule has 1 aromatic rings. The molecule has 1 atom stereocenters.